The highest BCUT2D eigenvalue weighted by molar-refractivity contribution is 7.99. The molecule has 0 amide bonds. The number of nitrogens with zero attached hydrogens (tertiary/aromatic N) is 2. The highest BCUT2D eigenvalue weighted by Crippen LogP contribution is 2.35. The molecule has 6 nitrogen and oxygen atoms in total. The average molecular weight is 445 g/mol. The van der Waals surface area contributed by atoms with Crippen molar-refractivity contribution in [3.8, 4) is 11.3 Å². The summed E-state index contributed by atoms with van der Waals surface area (Å²) in [4.78, 5) is 9.16. The Morgan fingerprint density at radius 3 is 2.68 bits per heavy atom. The van der Waals surface area contributed by atoms with Crippen molar-refractivity contribution in [1.82, 2.24) is 9.97 Å². The van der Waals surface area contributed by atoms with Gasteiger partial charge in [0.15, 0.2) is 5.82 Å². The predicted molar refractivity (Wildman–Crippen MR) is 120 cm³/mol. The summed E-state index contributed by atoms with van der Waals surface area (Å²) in [6.07, 6.45) is 0.706. The first-order valence-corrected chi connectivity index (χ1v) is 11.0. The molecule has 0 saturated heterocycles. The normalized spacial score (nSPS) is 11.0. The number of anilines is 2. The number of nitrogen functional groups attached to an aromatic ring is 1. The lowest BCUT2D eigenvalue weighted by Crippen LogP contribution is -2.15. The van der Waals surface area contributed by atoms with E-state index in [1.54, 1.807) is 13.2 Å². The Balaban J connectivity index is 1.93. The molecule has 0 atom stereocenters. The van der Waals surface area contributed by atoms with Crippen LogP contribution in [0.25, 0.3) is 11.3 Å². The third-order valence-electron chi connectivity index (χ3n) is 3.88. The molecular formula is C19H26Cl2N4O2S. The fraction of sp³-hybridized carbons (Fsp3) is 0.474. The summed E-state index contributed by atoms with van der Waals surface area (Å²) in [6, 6.07) is 5.37. The number of hydrogen-bond acceptors (Lipinski definition) is 7. The predicted octanol–water partition coefficient (Wildman–Crippen LogP) is 4.40. The molecule has 154 valence electrons. The second-order valence-corrected chi connectivity index (χ2v) is 7.86. The van der Waals surface area contributed by atoms with Crippen LogP contribution in [-0.4, -0.2) is 54.9 Å². The summed E-state index contributed by atoms with van der Waals surface area (Å²) < 4.78 is 10.6. The van der Waals surface area contributed by atoms with Crippen molar-refractivity contribution in [2.75, 3.05) is 56.0 Å². The third kappa shape index (κ3) is 6.67. The van der Waals surface area contributed by atoms with Gasteiger partial charge in [-0.15, -0.1) is 0 Å². The molecule has 3 N–H and O–H groups in total. The lowest BCUT2D eigenvalue weighted by atomic mass is 10.1. The number of thioether (sulfide) groups is 1. The van der Waals surface area contributed by atoms with Crippen molar-refractivity contribution in [1.29, 1.82) is 0 Å². The SMILES string of the molecule is CCc1nc(-c2cccc(Cl)c2Cl)c(N)nc1NCCOCCSCCOC. The van der Waals surface area contributed by atoms with Gasteiger partial charge in [0, 0.05) is 30.7 Å². The van der Waals surface area contributed by atoms with Gasteiger partial charge in [-0.25, -0.2) is 9.97 Å². The number of nitrogens with two attached hydrogens (primary N) is 1. The number of hydrogen-bond donors (Lipinski definition) is 2. The first kappa shape index (κ1) is 23.0. The van der Waals surface area contributed by atoms with Crippen LogP contribution in [0.1, 0.15) is 12.6 Å². The molecule has 28 heavy (non-hydrogen) atoms. The maximum absolute atomic E-state index is 6.31. The molecule has 0 fully saturated rings. The van der Waals surface area contributed by atoms with E-state index >= 15 is 0 Å². The second kappa shape index (κ2) is 12.3. The Kier molecular flexibility index (Phi) is 10.2. The maximum Gasteiger partial charge on any atom is 0.152 e. The van der Waals surface area contributed by atoms with Crippen LogP contribution in [0.2, 0.25) is 10.0 Å². The number of benzene rings is 1. The minimum Gasteiger partial charge on any atom is -0.384 e. The van der Waals surface area contributed by atoms with E-state index in [4.69, 9.17) is 38.4 Å². The smallest absolute Gasteiger partial charge is 0.152 e. The third-order valence-corrected chi connectivity index (χ3v) is 5.61. The number of rotatable bonds is 12. The van der Waals surface area contributed by atoms with Crippen LogP contribution in [0.3, 0.4) is 0 Å². The average Bonchev–Trinajstić information content (AvgIpc) is 2.69. The van der Waals surface area contributed by atoms with E-state index in [2.05, 4.69) is 15.3 Å². The zero-order chi connectivity index (χ0) is 20.4. The second-order valence-electron chi connectivity index (χ2n) is 5.85. The van der Waals surface area contributed by atoms with Crippen LogP contribution >= 0.6 is 35.0 Å². The molecule has 0 spiro atoms. The number of nitrogens with one attached hydrogen (secondary N) is 1. The van der Waals surface area contributed by atoms with Gasteiger partial charge in [0.1, 0.15) is 11.5 Å². The van der Waals surface area contributed by atoms with Crippen molar-refractivity contribution < 1.29 is 9.47 Å². The molecule has 1 aromatic carbocycles. The van der Waals surface area contributed by atoms with Gasteiger partial charge in [-0.3, -0.25) is 0 Å². The summed E-state index contributed by atoms with van der Waals surface area (Å²) in [7, 11) is 1.71. The Morgan fingerprint density at radius 2 is 1.93 bits per heavy atom. The topological polar surface area (TPSA) is 82.3 Å². The van der Waals surface area contributed by atoms with Crippen LogP contribution in [0, 0.1) is 0 Å². The van der Waals surface area contributed by atoms with Gasteiger partial charge >= 0.3 is 0 Å². The molecular weight excluding hydrogens is 419 g/mol. The number of methoxy groups -OCH3 is 1. The molecule has 0 aliphatic heterocycles. The first-order valence-electron chi connectivity index (χ1n) is 9.07. The molecule has 9 heteroatoms. The van der Waals surface area contributed by atoms with Gasteiger partial charge in [-0.05, 0) is 12.5 Å². The van der Waals surface area contributed by atoms with Crippen molar-refractivity contribution in [3.63, 3.8) is 0 Å². The van der Waals surface area contributed by atoms with Crippen molar-refractivity contribution in [2.24, 2.45) is 0 Å². The summed E-state index contributed by atoms with van der Waals surface area (Å²) in [5.74, 6) is 2.90. The standard InChI is InChI=1S/C19H26Cl2N4O2S/c1-3-15-19(23-7-8-27-10-12-28-11-9-26-2)25-18(22)17(24-15)13-5-4-6-14(20)16(13)21/h4-6H,3,7-12H2,1-2H3,(H3,22,23,25). The Labute approximate surface area is 180 Å². The molecule has 1 heterocycles. The molecule has 1 aromatic heterocycles. The molecule has 0 aliphatic carbocycles. The highest BCUT2D eigenvalue weighted by Gasteiger charge is 2.16. The minimum atomic E-state index is 0.305. The van der Waals surface area contributed by atoms with Crippen LogP contribution in [0.15, 0.2) is 18.2 Å². The first-order chi connectivity index (χ1) is 13.6. The van der Waals surface area contributed by atoms with E-state index in [0.717, 1.165) is 23.8 Å². The van der Waals surface area contributed by atoms with E-state index in [0.29, 0.717) is 59.1 Å². The van der Waals surface area contributed by atoms with Crippen molar-refractivity contribution in [2.45, 2.75) is 13.3 Å². The molecule has 0 unspecified atom stereocenters. The van der Waals surface area contributed by atoms with Gasteiger partial charge in [-0.2, -0.15) is 11.8 Å². The van der Waals surface area contributed by atoms with Crippen LogP contribution in [0.5, 0.6) is 0 Å². The zero-order valence-electron chi connectivity index (χ0n) is 16.1. The van der Waals surface area contributed by atoms with E-state index < -0.39 is 0 Å². The van der Waals surface area contributed by atoms with Gasteiger partial charge < -0.3 is 20.5 Å². The summed E-state index contributed by atoms with van der Waals surface area (Å²) in [6.45, 7) is 4.69. The summed E-state index contributed by atoms with van der Waals surface area (Å²) in [5, 5.41) is 4.13. The van der Waals surface area contributed by atoms with Crippen molar-refractivity contribution >= 4 is 46.6 Å². The Morgan fingerprint density at radius 1 is 1.14 bits per heavy atom. The molecule has 2 aromatic rings. The number of ether oxygens (including phenoxy) is 2. The van der Waals surface area contributed by atoms with Gasteiger partial charge in [0.2, 0.25) is 0 Å². The quantitative estimate of drug-likeness (QED) is 0.469. The number of halogens is 2. The Bertz CT molecular complexity index is 765. The molecule has 2 rings (SSSR count). The Hall–Kier alpha value is -1.25. The van der Waals surface area contributed by atoms with E-state index in [9.17, 15) is 0 Å². The largest absolute Gasteiger partial charge is 0.384 e. The lowest BCUT2D eigenvalue weighted by molar-refractivity contribution is 0.160. The van der Waals surface area contributed by atoms with Gasteiger partial charge in [0.25, 0.3) is 0 Å². The fourth-order valence-electron chi connectivity index (χ4n) is 2.46. The van der Waals surface area contributed by atoms with E-state index in [-0.39, 0.29) is 0 Å². The van der Waals surface area contributed by atoms with E-state index in [1.807, 2.05) is 30.8 Å². The lowest BCUT2D eigenvalue weighted by Gasteiger charge is -2.14. The van der Waals surface area contributed by atoms with Crippen LogP contribution in [0.4, 0.5) is 11.6 Å². The van der Waals surface area contributed by atoms with Gasteiger partial charge in [-0.1, -0.05) is 42.3 Å². The summed E-state index contributed by atoms with van der Waals surface area (Å²) in [5.41, 5.74) is 8.18. The van der Waals surface area contributed by atoms with Crippen molar-refractivity contribution in [3.05, 3.63) is 33.9 Å². The van der Waals surface area contributed by atoms with Gasteiger partial charge in [0.05, 0.1) is 35.6 Å². The zero-order valence-corrected chi connectivity index (χ0v) is 18.5. The number of aromatic nitrogens is 2. The monoisotopic (exact) mass is 444 g/mol. The van der Waals surface area contributed by atoms with Crippen LogP contribution < -0.4 is 11.1 Å². The van der Waals surface area contributed by atoms with Crippen LogP contribution in [-0.2, 0) is 15.9 Å². The molecule has 0 aliphatic rings. The maximum atomic E-state index is 6.31. The number of aryl methyl sites for hydroxylation is 1. The minimum absolute atomic E-state index is 0.305. The summed E-state index contributed by atoms with van der Waals surface area (Å²) >= 11 is 14.2. The fourth-order valence-corrected chi connectivity index (χ4v) is 3.58. The highest BCUT2D eigenvalue weighted by atomic mass is 35.5. The molecule has 0 saturated carbocycles. The molecule has 0 bridgehead atoms. The van der Waals surface area contributed by atoms with E-state index in [1.165, 1.54) is 0 Å². The molecule has 0 radical (unpaired) electrons.